The molecule has 1 N–H and O–H groups in total. The fraction of sp³-hybridized carbons (Fsp3) is 0.474. The van der Waals surface area contributed by atoms with Gasteiger partial charge in [-0.15, -0.1) is 10.2 Å². The molecule has 1 aliphatic heterocycles. The van der Waals surface area contributed by atoms with Crippen molar-refractivity contribution in [2.45, 2.75) is 51.6 Å². The molecule has 0 unspecified atom stereocenters. The van der Waals surface area contributed by atoms with E-state index in [1.54, 1.807) is 6.07 Å². The van der Waals surface area contributed by atoms with Crippen LogP contribution in [0.3, 0.4) is 0 Å². The van der Waals surface area contributed by atoms with Crippen LogP contribution in [0.1, 0.15) is 37.3 Å². The van der Waals surface area contributed by atoms with E-state index in [0.717, 1.165) is 37.5 Å². The number of nitrogens with zero attached hydrogens (tertiary/aromatic N) is 4. The van der Waals surface area contributed by atoms with Gasteiger partial charge in [-0.25, -0.2) is 4.79 Å². The lowest BCUT2D eigenvalue weighted by Crippen LogP contribution is -2.28. The van der Waals surface area contributed by atoms with E-state index in [-0.39, 0.29) is 12.3 Å². The first-order valence-electron chi connectivity index (χ1n) is 9.48. The third kappa shape index (κ3) is 3.79. The highest BCUT2D eigenvalue weighted by Crippen LogP contribution is 2.14. The fourth-order valence-electron chi connectivity index (χ4n) is 3.57. The lowest BCUT2D eigenvalue weighted by Gasteiger charge is -2.08. The Kier molecular flexibility index (Phi) is 5.04. The molecule has 0 aliphatic carbocycles. The number of nitrogens with one attached hydrogen (secondary N) is 1. The van der Waals surface area contributed by atoms with Gasteiger partial charge in [0.25, 0.3) is 0 Å². The molecule has 8 heteroatoms. The van der Waals surface area contributed by atoms with E-state index in [0.29, 0.717) is 30.6 Å². The molecule has 3 aromatic rings. The maximum Gasteiger partial charge on any atom is 0.419 e. The highest BCUT2D eigenvalue weighted by Gasteiger charge is 2.15. The Morgan fingerprint density at radius 3 is 3.00 bits per heavy atom. The Balaban J connectivity index is 1.30. The van der Waals surface area contributed by atoms with Crippen molar-refractivity contribution in [3.8, 4) is 0 Å². The van der Waals surface area contributed by atoms with Gasteiger partial charge < -0.3 is 14.3 Å². The number of benzene rings is 1. The first-order chi connectivity index (χ1) is 13.2. The number of hydrogen-bond donors (Lipinski definition) is 1. The van der Waals surface area contributed by atoms with E-state index in [1.807, 2.05) is 18.2 Å². The number of aromatic nitrogens is 4. The van der Waals surface area contributed by atoms with Crippen LogP contribution >= 0.6 is 0 Å². The average Bonchev–Trinajstić information content (AvgIpc) is 3.10. The highest BCUT2D eigenvalue weighted by atomic mass is 16.4. The van der Waals surface area contributed by atoms with Crippen molar-refractivity contribution in [2.75, 3.05) is 6.54 Å². The lowest BCUT2D eigenvalue weighted by atomic mass is 10.2. The molecule has 1 aliphatic rings. The summed E-state index contributed by atoms with van der Waals surface area (Å²) in [6.07, 6.45) is 5.40. The Hall–Kier alpha value is -2.90. The van der Waals surface area contributed by atoms with Crippen molar-refractivity contribution in [2.24, 2.45) is 0 Å². The summed E-state index contributed by atoms with van der Waals surface area (Å²) in [5.74, 6) is 1.46. The minimum absolute atomic E-state index is 0.0946. The molecule has 0 saturated carbocycles. The third-order valence-corrected chi connectivity index (χ3v) is 4.99. The van der Waals surface area contributed by atoms with E-state index in [4.69, 9.17) is 4.42 Å². The zero-order chi connectivity index (χ0) is 18.6. The van der Waals surface area contributed by atoms with Crippen molar-refractivity contribution in [3.05, 3.63) is 46.5 Å². The van der Waals surface area contributed by atoms with E-state index in [2.05, 4.69) is 20.1 Å². The third-order valence-electron chi connectivity index (χ3n) is 4.99. The normalized spacial score (nSPS) is 14.1. The Bertz CT molecular complexity index is 1000. The standard InChI is InChI=1S/C19H23N5O3/c25-18(10-13-23-14-6-3-4-7-15(14)27-19(23)26)20-11-9-17-22-21-16-8-2-1-5-12-24(16)17/h3-4,6-7H,1-2,5,8-13H2,(H,20,25). The molecule has 4 rings (SSSR count). The first kappa shape index (κ1) is 17.5. The Labute approximate surface area is 156 Å². The molecule has 3 heterocycles. The zero-order valence-electron chi connectivity index (χ0n) is 15.2. The molecule has 0 fully saturated rings. The second kappa shape index (κ2) is 7.77. The second-order valence-corrected chi connectivity index (χ2v) is 6.83. The van der Waals surface area contributed by atoms with Gasteiger partial charge in [0.2, 0.25) is 5.91 Å². The number of fused-ring (bicyclic) bond motifs is 2. The summed E-state index contributed by atoms with van der Waals surface area (Å²) in [5.41, 5.74) is 1.25. The number of amides is 1. The quantitative estimate of drug-likeness (QED) is 0.713. The maximum absolute atomic E-state index is 12.2. The van der Waals surface area contributed by atoms with Gasteiger partial charge >= 0.3 is 5.76 Å². The molecule has 8 nitrogen and oxygen atoms in total. The molecule has 0 atom stereocenters. The molecule has 0 radical (unpaired) electrons. The van der Waals surface area contributed by atoms with Gasteiger partial charge in [0.1, 0.15) is 11.6 Å². The summed E-state index contributed by atoms with van der Waals surface area (Å²) in [7, 11) is 0. The van der Waals surface area contributed by atoms with E-state index < -0.39 is 5.76 Å². The molecule has 2 aromatic heterocycles. The van der Waals surface area contributed by atoms with Crippen molar-refractivity contribution in [1.82, 2.24) is 24.6 Å². The number of para-hydroxylation sites is 2. The van der Waals surface area contributed by atoms with Crippen LogP contribution in [-0.2, 0) is 30.7 Å². The number of oxazole rings is 1. The van der Waals surface area contributed by atoms with Gasteiger partial charge in [-0.3, -0.25) is 9.36 Å². The van der Waals surface area contributed by atoms with Crippen molar-refractivity contribution in [1.29, 1.82) is 0 Å². The molecule has 27 heavy (non-hydrogen) atoms. The first-order valence-corrected chi connectivity index (χ1v) is 9.48. The van der Waals surface area contributed by atoms with E-state index in [1.165, 1.54) is 11.0 Å². The van der Waals surface area contributed by atoms with Crippen LogP contribution in [-0.4, -0.2) is 31.8 Å². The Morgan fingerprint density at radius 2 is 2.07 bits per heavy atom. The van der Waals surface area contributed by atoms with Crippen molar-refractivity contribution >= 4 is 17.0 Å². The molecular formula is C19H23N5O3. The van der Waals surface area contributed by atoms with Crippen LogP contribution in [0.4, 0.5) is 0 Å². The molecule has 0 saturated heterocycles. The van der Waals surface area contributed by atoms with Gasteiger partial charge in [-0.1, -0.05) is 18.6 Å². The lowest BCUT2D eigenvalue weighted by molar-refractivity contribution is -0.121. The van der Waals surface area contributed by atoms with E-state index in [9.17, 15) is 9.59 Å². The summed E-state index contributed by atoms with van der Waals surface area (Å²) in [4.78, 5) is 24.1. The zero-order valence-corrected chi connectivity index (χ0v) is 15.2. The van der Waals surface area contributed by atoms with Gasteiger partial charge in [0.15, 0.2) is 5.58 Å². The maximum atomic E-state index is 12.2. The molecule has 0 spiro atoms. The smallest absolute Gasteiger partial charge is 0.408 e. The van der Waals surface area contributed by atoms with E-state index >= 15 is 0 Å². The van der Waals surface area contributed by atoms with Crippen LogP contribution in [0.2, 0.25) is 0 Å². The largest absolute Gasteiger partial charge is 0.419 e. The summed E-state index contributed by atoms with van der Waals surface area (Å²) < 4.78 is 8.87. The predicted molar refractivity (Wildman–Crippen MR) is 99.4 cm³/mol. The van der Waals surface area contributed by atoms with Crippen molar-refractivity contribution < 1.29 is 9.21 Å². The number of carbonyl (C=O) groups is 1. The number of hydrogen-bond acceptors (Lipinski definition) is 5. The topological polar surface area (TPSA) is 94.9 Å². The SMILES string of the molecule is O=C(CCn1c(=O)oc2ccccc21)NCCc1nnc2n1CCCCC2. The molecule has 1 amide bonds. The summed E-state index contributed by atoms with van der Waals surface area (Å²) in [5, 5.41) is 11.5. The van der Waals surface area contributed by atoms with Gasteiger partial charge in [-0.2, -0.15) is 0 Å². The molecular weight excluding hydrogens is 346 g/mol. The highest BCUT2D eigenvalue weighted by molar-refractivity contribution is 5.76. The predicted octanol–water partition coefficient (Wildman–Crippen LogP) is 1.66. The number of aryl methyl sites for hydroxylation is 2. The van der Waals surface area contributed by atoms with Crippen LogP contribution < -0.4 is 11.1 Å². The number of carbonyl (C=O) groups excluding carboxylic acids is 1. The van der Waals surface area contributed by atoms with Crippen LogP contribution in [0.5, 0.6) is 0 Å². The minimum Gasteiger partial charge on any atom is -0.408 e. The monoisotopic (exact) mass is 369 g/mol. The molecule has 1 aromatic carbocycles. The van der Waals surface area contributed by atoms with Gasteiger partial charge in [0, 0.05) is 38.9 Å². The molecule has 0 bridgehead atoms. The van der Waals surface area contributed by atoms with Gasteiger partial charge in [-0.05, 0) is 25.0 Å². The second-order valence-electron chi connectivity index (χ2n) is 6.83. The summed E-state index contributed by atoms with van der Waals surface area (Å²) in [6.45, 7) is 1.77. The fourth-order valence-corrected chi connectivity index (χ4v) is 3.57. The number of rotatable bonds is 6. The Morgan fingerprint density at radius 1 is 1.19 bits per heavy atom. The van der Waals surface area contributed by atoms with Gasteiger partial charge in [0.05, 0.1) is 5.52 Å². The van der Waals surface area contributed by atoms with Crippen LogP contribution in [0.15, 0.2) is 33.5 Å². The minimum atomic E-state index is -0.435. The van der Waals surface area contributed by atoms with Crippen LogP contribution in [0, 0.1) is 0 Å². The summed E-state index contributed by atoms with van der Waals surface area (Å²) >= 11 is 0. The molecule has 142 valence electrons. The average molecular weight is 369 g/mol. The van der Waals surface area contributed by atoms with Crippen LogP contribution in [0.25, 0.3) is 11.1 Å². The van der Waals surface area contributed by atoms with Crippen molar-refractivity contribution in [3.63, 3.8) is 0 Å². The summed E-state index contributed by atoms with van der Waals surface area (Å²) in [6, 6.07) is 7.22.